The van der Waals surface area contributed by atoms with Crippen molar-refractivity contribution in [1.29, 1.82) is 0 Å². The summed E-state index contributed by atoms with van der Waals surface area (Å²) in [6.45, 7) is 5.94. The van der Waals surface area contributed by atoms with E-state index in [4.69, 9.17) is 0 Å². The van der Waals surface area contributed by atoms with E-state index < -0.39 is 5.54 Å². The van der Waals surface area contributed by atoms with Gasteiger partial charge in [-0.3, -0.25) is 9.59 Å². The maximum atomic E-state index is 12.1. The van der Waals surface area contributed by atoms with E-state index in [9.17, 15) is 9.59 Å². The van der Waals surface area contributed by atoms with Crippen molar-refractivity contribution in [1.82, 2.24) is 15.2 Å². The maximum Gasteiger partial charge on any atom is 0.248 e. The van der Waals surface area contributed by atoms with Crippen molar-refractivity contribution in [2.75, 3.05) is 6.54 Å². The molecule has 6 heteroatoms. The third kappa shape index (κ3) is 2.31. The topological polar surface area (TPSA) is 62.3 Å². The lowest BCUT2D eigenvalue weighted by Crippen LogP contribution is -2.63. The zero-order valence-corrected chi connectivity index (χ0v) is 10.9. The number of carbonyl (C=O) groups excluding carboxylic acids is 2. The lowest BCUT2D eigenvalue weighted by molar-refractivity contribution is -0.148. The molecule has 0 atom stereocenters. The van der Waals surface area contributed by atoms with Gasteiger partial charge in [-0.15, -0.1) is 11.3 Å². The largest absolute Gasteiger partial charge is 0.341 e. The van der Waals surface area contributed by atoms with Crippen molar-refractivity contribution < 1.29 is 9.59 Å². The highest BCUT2D eigenvalue weighted by Gasteiger charge is 2.39. The first-order valence-corrected chi connectivity index (χ1v) is 6.27. The third-order valence-corrected chi connectivity index (χ3v) is 3.71. The van der Waals surface area contributed by atoms with E-state index in [0.29, 0.717) is 6.54 Å². The minimum Gasteiger partial charge on any atom is -0.341 e. The normalized spacial score (nSPS) is 19.4. The number of amides is 2. The molecular formula is C11H15N3O2S. The monoisotopic (exact) mass is 253 g/mol. The van der Waals surface area contributed by atoms with Crippen LogP contribution in [0.3, 0.4) is 0 Å². The average Bonchev–Trinajstić information content (AvgIpc) is 2.59. The Balaban J connectivity index is 2.18. The molecule has 1 aliphatic rings. The van der Waals surface area contributed by atoms with Crippen molar-refractivity contribution in [2.24, 2.45) is 0 Å². The summed E-state index contributed by atoms with van der Waals surface area (Å²) in [6, 6.07) is 0. The Labute approximate surface area is 104 Å². The fourth-order valence-electron chi connectivity index (χ4n) is 1.86. The molecule has 0 bridgehead atoms. The zero-order valence-electron chi connectivity index (χ0n) is 10.1. The van der Waals surface area contributed by atoms with Crippen molar-refractivity contribution in [3.05, 3.63) is 16.1 Å². The number of nitrogens with zero attached hydrogens (tertiary/aromatic N) is 2. The van der Waals surface area contributed by atoms with Crippen LogP contribution in [0, 0.1) is 6.92 Å². The highest BCUT2D eigenvalue weighted by Crippen LogP contribution is 2.19. The van der Waals surface area contributed by atoms with Gasteiger partial charge in [-0.05, 0) is 20.8 Å². The summed E-state index contributed by atoms with van der Waals surface area (Å²) in [5.74, 6) is -0.165. The highest BCUT2D eigenvalue weighted by molar-refractivity contribution is 7.09. The first kappa shape index (κ1) is 12.0. The molecule has 17 heavy (non-hydrogen) atoms. The quantitative estimate of drug-likeness (QED) is 0.843. The van der Waals surface area contributed by atoms with Crippen molar-refractivity contribution in [2.45, 2.75) is 32.9 Å². The second-order valence-corrected chi connectivity index (χ2v) is 5.63. The molecule has 2 amide bonds. The Morgan fingerprint density at radius 3 is 2.82 bits per heavy atom. The van der Waals surface area contributed by atoms with Crippen LogP contribution in [0.2, 0.25) is 0 Å². The van der Waals surface area contributed by atoms with Crippen molar-refractivity contribution in [3.8, 4) is 0 Å². The molecule has 1 fully saturated rings. The molecule has 1 aromatic heterocycles. The molecule has 2 heterocycles. The molecule has 1 aliphatic heterocycles. The van der Waals surface area contributed by atoms with E-state index in [0.717, 1.165) is 10.6 Å². The Hall–Kier alpha value is -1.43. The molecule has 0 saturated carbocycles. The number of thiazole rings is 1. The van der Waals surface area contributed by atoms with Crippen molar-refractivity contribution in [3.63, 3.8) is 0 Å². The van der Waals surface area contributed by atoms with Gasteiger partial charge < -0.3 is 10.2 Å². The summed E-state index contributed by atoms with van der Waals surface area (Å²) < 4.78 is 0. The molecule has 5 nitrogen and oxygen atoms in total. The van der Waals surface area contributed by atoms with Gasteiger partial charge in [0.1, 0.15) is 12.1 Å². The van der Waals surface area contributed by atoms with E-state index >= 15 is 0 Å². The first-order valence-electron chi connectivity index (χ1n) is 5.39. The molecule has 0 spiro atoms. The maximum absolute atomic E-state index is 12.1. The third-order valence-electron chi connectivity index (χ3n) is 2.79. The summed E-state index contributed by atoms with van der Waals surface area (Å²) in [7, 11) is 0. The van der Waals surface area contributed by atoms with Gasteiger partial charge >= 0.3 is 0 Å². The fourth-order valence-corrected chi connectivity index (χ4v) is 2.65. The summed E-state index contributed by atoms with van der Waals surface area (Å²) in [6.07, 6.45) is 0. The molecule has 2 rings (SSSR count). The van der Waals surface area contributed by atoms with E-state index in [1.165, 1.54) is 11.3 Å². The van der Waals surface area contributed by atoms with Crippen LogP contribution < -0.4 is 5.32 Å². The Morgan fingerprint density at radius 2 is 2.24 bits per heavy atom. The predicted molar refractivity (Wildman–Crippen MR) is 64.5 cm³/mol. The van der Waals surface area contributed by atoms with Gasteiger partial charge in [0.05, 0.1) is 17.7 Å². The van der Waals surface area contributed by atoms with Crippen LogP contribution >= 0.6 is 11.3 Å². The van der Waals surface area contributed by atoms with Crippen LogP contribution in [0.25, 0.3) is 0 Å². The number of carbonyl (C=O) groups is 2. The van der Waals surface area contributed by atoms with Crippen LogP contribution in [0.1, 0.15) is 24.4 Å². The summed E-state index contributed by atoms with van der Waals surface area (Å²) in [5.41, 5.74) is 1.87. The van der Waals surface area contributed by atoms with Gasteiger partial charge in [0, 0.05) is 4.88 Å². The van der Waals surface area contributed by atoms with Gasteiger partial charge in [-0.25, -0.2) is 4.98 Å². The van der Waals surface area contributed by atoms with Crippen LogP contribution in [0.5, 0.6) is 0 Å². The van der Waals surface area contributed by atoms with Gasteiger partial charge in [0.25, 0.3) is 0 Å². The highest BCUT2D eigenvalue weighted by atomic mass is 32.1. The minimum atomic E-state index is -0.812. The molecule has 0 radical (unpaired) electrons. The number of piperazine rings is 1. The minimum absolute atomic E-state index is 0.0510. The summed E-state index contributed by atoms with van der Waals surface area (Å²) >= 11 is 1.51. The van der Waals surface area contributed by atoms with E-state index in [1.54, 1.807) is 24.3 Å². The molecule has 1 aromatic rings. The number of aromatic nitrogens is 1. The SMILES string of the molecule is Cc1ncsc1CN1CC(=O)NC(C)(C)C1=O. The predicted octanol–water partition coefficient (Wildman–Crippen LogP) is 0.689. The number of hydrogen-bond acceptors (Lipinski definition) is 4. The molecule has 1 N–H and O–H groups in total. The Kier molecular flexibility index (Phi) is 2.91. The summed E-state index contributed by atoms with van der Waals surface area (Å²) in [4.78, 5) is 30.4. The number of hydrogen-bond donors (Lipinski definition) is 1. The van der Waals surface area contributed by atoms with Gasteiger partial charge in [0.15, 0.2) is 0 Å². The summed E-state index contributed by atoms with van der Waals surface area (Å²) in [5, 5.41) is 2.69. The lowest BCUT2D eigenvalue weighted by Gasteiger charge is -2.37. The molecule has 0 aliphatic carbocycles. The van der Waals surface area contributed by atoms with E-state index in [1.807, 2.05) is 6.92 Å². The number of aryl methyl sites for hydroxylation is 1. The fraction of sp³-hybridized carbons (Fsp3) is 0.545. The van der Waals surface area contributed by atoms with Gasteiger partial charge in [-0.2, -0.15) is 0 Å². The Bertz CT molecular complexity index is 467. The molecule has 0 unspecified atom stereocenters. The molecular weight excluding hydrogens is 238 g/mol. The standard InChI is InChI=1S/C11H15N3O2S/c1-7-8(17-6-12-7)4-14-5-9(15)13-11(2,3)10(14)16/h6H,4-5H2,1-3H3,(H,13,15). The van der Waals surface area contributed by atoms with Gasteiger partial charge in [-0.1, -0.05) is 0 Å². The van der Waals surface area contributed by atoms with Crippen molar-refractivity contribution >= 4 is 23.2 Å². The van der Waals surface area contributed by atoms with Gasteiger partial charge in [0.2, 0.25) is 11.8 Å². The van der Waals surface area contributed by atoms with Crippen LogP contribution in [-0.4, -0.2) is 33.8 Å². The van der Waals surface area contributed by atoms with E-state index in [2.05, 4.69) is 10.3 Å². The Morgan fingerprint density at radius 1 is 1.53 bits per heavy atom. The second-order valence-electron chi connectivity index (χ2n) is 4.70. The molecule has 0 aromatic carbocycles. The van der Waals surface area contributed by atoms with Crippen LogP contribution in [0.4, 0.5) is 0 Å². The number of nitrogens with one attached hydrogen (secondary N) is 1. The smallest absolute Gasteiger partial charge is 0.248 e. The first-order chi connectivity index (χ1) is 7.90. The van der Waals surface area contributed by atoms with Crippen LogP contribution in [-0.2, 0) is 16.1 Å². The second kappa shape index (κ2) is 4.10. The number of rotatable bonds is 2. The average molecular weight is 253 g/mol. The molecule has 92 valence electrons. The molecule has 1 saturated heterocycles. The van der Waals surface area contributed by atoms with Crippen LogP contribution in [0.15, 0.2) is 5.51 Å². The van der Waals surface area contributed by atoms with E-state index in [-0.39, 0.29) is 18.4 Å². The zero-order chi connectivity index (χ0) is 12.6. The lowest BCUT2D eigenvalue weighted by atomic mass is 10.0.